The van der Waals surface area contributed by atoms with Gasteiger partial charge in [-0.15, -0.1) is 5.26 Å². The molecule has 0 bridgehead atoms. The summed E-state index contributed by atoms with van der Waals surface area (Å²) >= 11 is 0. The Morgan fingerprint density at radius 1 is 1.42 bits per heavy atom. The summed E-state index contributed by atoms with van der Waals surface area (Å²) in [5.74, 6) is -0.533. The number of allylic oxidation sites excluding steroid dienone is 1. The van der Waals surface area contributed by atoms with E-state index in [0.717, 1.165) is 31.3 Å². The van der Waals surface area contributed by atoms with E-state index in [1.54, 1.807) is 0 Å². The van der Waals surface area contributed by atoms with Crippen molar-refractivity contribution < 1.29 is 9.53 Å². The van der Waals surface area contributed by atoms with Crippen molar-refractivity contribution >= 4 is 5.97 Å². The summed E-state index contributed by atoms with van der Waals surface area (Å²) in [6, 6.07) is 0. The fraction of sp³-hybridized carbons (Fsp3) is 0.556. The van der Waals surface area contributed by atoms with Gasteiger partial charge in [-0.2, -0.15) is 0 Å². The van der Waals surface area contributed by atoms with Gasteiger partial charge in [-0.05, 0) is 25.7 Å². The van der Waals surface area contributed by atoms with Crippen LogP contribution in [0.25, 0.3) is 0 Å². The smallest absolute Gasteiger partial charge is 0.346 e. The van der Waals surface area contributed by atoms with Crippen LogP contribution in [0, 0.1) is 11.5 Å². The predicted octanol–water partition coefficient (Wildman–Crippen LogP) is 1.90. The number of carbonyl (C=O) groups excluding carboxylic acids is 1. The van der Waals surface area contributed by atoms with Gasteiger partial charge in [-0.25, -0.2) is 4.79 Å². The molecule has 0 saturated heterocycles. The molecule has 0 aromatic carbocycles. The molecule has 0 aromatic heterocycles. The molecule has 1 aliphatic rings. The standard InChI is InChI=1S/C9H11NO2/c10-7-12-9(11)6-8-4-2-1-3-5-8/h6H,1-5H2. The summed E-state index contributed by atoms with van der Waals surface area (Å²) in [5.41, 5.74) is 1.11. The number of rotatable bonds is 1. The lowest BCUT2D eigenvalue weighted by atomic mass is 9.95. The first-order valence-corrected chi connectivity index (χ1v) is 4.12. The van der Waals surface area contributed by atoms with Crippen LogP contribution in [0.2, 0.25) is 0 Å². The quantitative estimate of drug-likeness (QED) is 0.338. The molecule has 0 aromatic rings. The Balaban J connectivity index is 2.44. The second-order valence-corrected chi connectivity index (χ2v) is 2.88. The lowest BCUT2D eigenvalue weighted by Crippen LogP contribution is -2.00. The lowest BCUT2D eigenvalue weighted by molar-refractivity contribution is -0.131. The summed E-state index contributed by atoms with van der Waals surface area (Å²) < 4.78 is 4.13. The van der Waals surface area contributed by atoms with E-state index in [2.05, 4.69) is 4.74 Å². The largest absolute Gasteiger partial charge is 0.347 e. The fourth-order valence-electron chi connectivity index (χ4n) is 1.39. The zero-order valence-corrected chi connectivity index (χ0v) is 6.88. The first kappa shape index (κ1) is 8.79. The Bertz CT molecular complexity index is 229. The molecule has 0 unspecified atom stereocenters. The van der Waals surface area contributed by atoms with Crippen molar-refractivity contribution in [3.63, 3.8) is 0 Å². The summed E-state index contributed by atoms with van der Waals surface area (Å²) in [5, 5.41) is 8.04. The second kappa shape index (κ2) is 4.55. The molecule has 3 heteroatoms. The van der Waals surface area contributed by atoms with Crippen molar-refractivity contribution in [3.05, 3.63) is 11.6 Å². The van der Waals surface area contributed by atoms with Gasteiger partial charge in [0, 0.05) is 6.08 Å². The zero-order chi connectivity index (χ0) is 8.81. The van der Waals surface area contributed by atoms with Gasteiger partial charge in [0.2, 0.25) is 0 Å². The molecule has 3 nitrogen and oxygen atoms in total. The third kappa shape index (κ3) is 2.75. The first-order chi connectivity index (χ1) is 5.83. The molecule has 0 radical (unpaired) electrons. The van der Waals surface area contributed by atoms with Crippen molar-refractivity contribution in [2.24, 2.45) is 0 Å². The molecule has 1 aliphatic carbocycles. The van der Waals surface area contributed by atoms with Crippen molar-refractivity contribution in [3.8, 4) is 6.26 Å². The molecule has 0 atom stereocenters. The van der Waals surface area contributed by atoms with Crippen molar-refractivity contribution in [2.75, 3.05) is 0 Å². The van der Waals surface area contributed by atoms with Gasteiger partial charge < -0.3 is 4.74 Å². The fourth-order valence-corrected chi connectivity index (χ4v) is 1.39. The van der Waals surface area contributed by atoms with Crippen molar-refractivity contribution in [1.82, 2.24) is 0 Å². The first-order valence-electron chi connectivity index (χ1n) is 4.12. The molecule has 1 rings (SSSR count). The Kier molecular flexibility index (Phi) is 3.34. The van der Waals surface area contributed by atoms with Crippen LogP contribution in [-0.2, 0) is 9.53 Å². The number of nitriles is 1. The van der Waals surface area contributed by atoms with E-state index in [1.165, 1.54) is 18.8 Å². The van der Waals surface area contributed by atoms with Crippen LogP contribution in [0.3, 0.4) is 0 Å². The zero-order valence-electron chi connectivity index (χ0n) is 6.88. The van der Waals surface area contributed by atoms with E-state index in [4.69, 9.17) is 5.26 Å². The monoisotopic (exact) mass is 165 g/mol. The maximum Gasteiger partial charge on any atom is 0.346 e. The number of nitrogens with zero attached hydrogens (tertiary/aromatic N) is 1. The van der Waals surface area contributed by atoms with Crippen LogP contribution in [0.5, 0.6) is 0 Å². The number of carbonyl (C=O) groups is 1. The highest BCUT2D eigenvalue weighted by molar-refractivity contribution is 5.83. The van der Waals surface area contributed by atoms with Crippen LogP contribution in [0.1, 0.15) is 32.1 Å². The van der Waals surface area contributed by atoms with E-state index in [9.17, 15) is 4.79 Å². The molecular formula is C9H11NO2. The van der Waals surface area contributed by atoms with Gasteiger partial charge in [0.1, 0.15) is 0 Å². The third-order valence-corrected chi connectivity index (χ3v) is 1.96. The number of esters is 1. The number of hydrogen-bond acceptors (Lipinski definition) is 3. The van der Waals surface area contributed by atoms with Crippen LogP contribution < -0.4 is 0 Å². The van der Waals surface area contributed by atoms with Crippen molar-refractivity contribution in [2.45, 2.75) is 32.1 Å². The molecule has 64 valence electrons. The van der Waals surface area contributed by atoms with Gasteiger partial charge in [-0.3, -0.25) is 0 Å². The normalized spacial score (nSPS) is 16.4. The second-order valence-electron chi connectivity index (χ2n) is 2.88. The van der Waals surface area contributed by atoms with Crippen LogP contribution >= 0.6 is 0 Å². The third-order valence-electron chi connectivity index (χ3n) is 1.96. The molecule has 0 heterocycles. The van der Waals surface area contributed by atoms with Crippen LogP contribution in [0.4, 0.5) is 0 Å². The average molecular weight is 165 g/mol. The van der Waals surface area contributed by atoms with Crippen LogP contribution in [0.15, 0.2) is 11.6 Å². The van der Waals surface area contributed by atoms with Gasteiger partial charge in [0.15, 0.2) is 0 Å². The number of ether oxygens (including phenoxy) is 1. The van der Waals surface area contributed by atoms with Gasteiger partial charge >= 0.3 is 5.97 Å². The summed E-state index contributed by atoms with van der Waals surface area (Å²) in [6.45, 7) is 0. The van der Waals surface area contributed by atoms with Gasteiger partial charge in [-0.1, -0.05) is 12.0 Å². The van der Waals surface area contributed by atoms with E-state index in [-0.39, 0.29) is 0 Å². The van der Waals surface area contributed by atoms with Crippen molar-refractivity contribution in [1.29, 1.82) is 5.26 Å². The van der Waals surface area contributed by atoms with E-state index < -0.39 is 5.97 Å². The van der Waals surface area contributed by atoms with Gasteiger partial charge in [0.25, 0.3) is 6.26 Å². The maximum absolute atomic E-state index is 10.8. The molecule has 1 fully saturated rings. The highest BCUT2D eigenvalue weighted by Gasteiger charge is 2.07. The number of hydrogen-bond donors (Lipinski definition) is 0. The highest BCUT2D eigenvalue weighted by atomic mass is 16.5. The lowest BCUT2D eigenvalue weighted by Gasteiger charge is -2.11. The van der Waals surface area contributed by atoms with E-state index in [1.807, 2.05) is 0 Å². The minimum atomic E-state index is -0.533. The minimum Gasteiger partial charge on any atom is -0.347 e. The topological polar surface area (TPSA) is 50.1 Å². The average Bonchev–Trinajstić information content (AvgIpc) is 2.06. The summed E-state index contributed by atoms with van der Waals surface area (Å²) in [7, 11) is 0. The Labute approximate surface area is 71.6 Å². The molecule has 1 saturated carbocycles. The Hall–Kier alpha value is -1.30. The molecule has 0 amide bonds. The minimum absolute atomic E-state index is 0.533. The maximum atomic E-state index is 10.8. The van der Waals surface area contributed by atoms with Gasteiger partial charge in [0.05, 0.1) is 0 Å². The SMILES string of the molecule is N#COC(=O)C=C1CCCCC1. The van der Waals surface area contributed by atoms with Crippen LogP contribution in [-0.4, -0.2) is 5.97 Å². The summed E-state index contributed by atoms with van der Waals surface area (Å²) in [4.78, 5) is 10.8. The van der Waals surface area contributed by atoms with E-state index in [0.29, 0.717) is 0 Å². The summed E-state index contributed by atoms with van der Waals surface area (Å²) in [6.07, 6.45) is 8.28. The predicted molar refractivity (Wildman–Crippen MR) is 42.9 cm³/mol. The van der Waals surface area contributed by atoms with E-state index >= 15 is 0 Å². The molecular weight excluding hydrogens is 154 g/mol. The Morgan fingerprint density at radius 3 is 2.67 bits per heavy atom. The molecule has 0 aliphatic heterocycles. The molecule has 0 spiro atoms. The molecule has 12 heavy (non-hydrogen) atoms. The Morgan fingerprint density at radius 2 is 2.08 bits per heavy atom. The molecule has 0 N–H and O–H groups in total. The highest BCUT2D eigenvalue weighted by Crippen LogP contribution is 2.22.